The monoisotopic (exact) mass is 277 g/mol. The second-order valence-corrected chi connectivity index (χ2v) is 5.55. The summed E-state index contributed by atoms with van der Waals surface area (Å²) < 4.78 is 0. The van der Waals surface area contributed by atoms with Crippen LogP contribution in [0.3, 0.4) is 0 Å². The average Bonchev–Trinajstić information content (AvgIpc) is 2.66. The van der Waals surface area contributed by atoms with Crippen LogP contribution in [0, 0.1) is 6.92 Å². The van der Waals surface area contributed by atoms with Crippen molar-refractivity contribution in [3.8, 4) is 0 Å². The first-order chi connectivity index (χ1) is 8.91. The van der Waals surface area contributed by atoms with Crippen LogP contribution in [0.2, 0.25) is 0 Å². The van der Waals surface area contributed by atoms with Crippen molar-refractivity contribution < 1.29 is 9.90 Å². The molecule has 6 heteroatoms. The van der Waals surface area contributed by atoms with E-state index in [-0.39, 0.29) is 0 Å². The molecule has 0 fully saturated rings. The lowest BCUT2D eigenvalue weighted by atomic mass is 10.2. The minimum absolute atomic E-state index is 0.320. The predicted molar refractivity (Wildman–Crippen MR) is 77.2 cm³/mol. The maximum Gasteiger partial charge on any atom is 0.346 e. The van der Waals surface area contributed by atoms with Crippen LogP contribution in [0.25, 0.3) is 10.2 Å². The third-order valence-corrected chi connectivity index (χ3v) is 3.96. The summed E-state index contributed by atoms with van der Waals surface area (Å²) in [5.41, 5.74) is 1.73. The highest BCUT2D eigenvalue weighted by molar-refractivity contribution is 7.20. The summed E-state index contributed by atoms with van der Waals surface area (Å²) >= 11 is 1.18. The number of hydrogen-bond acceptors (Lipinski definition) is 5. The summed E-state index contributed by atoms with van der Waals surface area (Å²) in [4.78, 5) is 22.6. The van der Waals surface area contributed by atoms with Gasteiger partial charge in [0.25, 0.3) is 0 Å². The van der Waals surface area contributed by atoms with Gasteiger partial charge in [-0.3, -0.25) is 0 Å². The van der Waals surface area contributed by atoms with Crippen molar-refractivity contribution in [2.45, 2.75) is 13.8 Å². The van der Waals surface area contributed by atoms with Gasteiger partial charge in [0, 0.05) is 13.6 Å². The van der Waals surface area contributed by atoms with E-state index in [2.05, 4.69) is 16.5 Å². The van der Waals surface area contributed by atoms with Crippen LogP contribution in [0.15, 0.2) is 18.5 Å². The molecule has 0 saturated carbocycles. The van der Waals surface area contributed by atoms with Gasteiger partial charge >= 0.3 is 5.97 Å². The fourth-order valence-electron chi connectivity index (χ4n) is 2.03. The molecule has 0 aliphatic carbocycles. The van der Waals surface area contributed by atoms with Gasteiger partial charge in [0.05, 0.1) is 5.39 Å². The number of carbonyl (C=O) groups is 1. The van der Waals surface area contributed by atoms with Gasteiger partial charge in [-0.25, -0.2) is 14.8 Å². The topological polar surface area (TPSA) is 66.3 Å². The first-order valence-corrected chi connectivity index (χ1v) is 6.56. The van der Waals surface area contributed by atoms with Crippen molar-refractivity contribution in [2.75, 3.05) is 18.5 Å². The SMILES string of the molecule is C=C(C)CN(C)c1ncnc2sc(C(=O)O)c(C)c12. The molecule has 1 N–H and O–H groups in total. The predicted octanol–water partition coefficient (Wildman–Crippen LogP) is 2.71. The Labute approximate surface area is 115 Å². The molecule has 2 aromatic heterocycles. The van der Waals surface area contributed by atoms with Gasteiger partial charge in [-0.2, -0.15) is 0 Å². The van der Waals surface area contributed by atoms with Gasteiger partial charge in [-0.15, -0.1) is 11.3 Å². The van der Waals surface area contributed by atoms with Crippen LogP contribution in [0.1, 0.15) is 22.2 Å². The van der Waals surface area contributed by atoms with E-state index in [1.54, 1.807) is 6.92 Å². The molecule has 100 valence electrons. The number of carboxylic acids is 1. The number of anilines is 1. The summed E-state index contributed by atoms with van der Waals surface area (Å²) in [6.45, 7) is 8.29. The normalized spacial score (nSPS) is 10.7. The van der Waals surface area contributed by atoms with E-state index >= 15 is 0 Å². The third kappa shape index (κ3) is 2.44. The largest absolute Gasteiger partial charge is 0.477 e. The summed E-state index contributed by atoms with van der Waals surface area (Å²) in [5, 5.41) is 9.99. The van der Waals surface area contributed by atoms with Crippen molar-refractivity contribution in [1.29, 1.82) is 0 Å². The van der Waals surface area contributed by atoms with Crippen LogP contribution in [-0.4, -0.2) is 34.6 Å². The van der Waals surface area contributed by atoms with Crippen LogP contribution in [0.5, 0.6) is 0 Å². The van der Waals surface area contributed by atoms with Crippen LogP contribution in [0.4, 0.5) is 5.82 Å². The number of likely N-dealkylation sites (N-methyl/N-ethyl adjacent to an activating group) is 1. The molecular weight excluding hydrogens is 262 g/mol. The van der Waals surface area contributed by atoms with Crippen molar-refractivity contribution >= 4 is 33.3 Å². The summed E-state index contributed by atoms with van der Waals surface area (Å²) in [6.07, 6.45) is 1.47. The molecule has 0 radical (unpaired) electrons. The molecule has 0 spiro atoms. The van der Waals surface area contributed by atoms with E-state index in [0.717, 1.165) is 22.3 Å². The van der Waals surface area contributed by atoms with Crippen LogP contribution >= 0.6 is 11.3 Å². The number of hydrogen-bond donors (Lipinski definition) is 1. The number of aromatic carboxylic acids is 1. The Morgan fingerprint density at radius 2 is 2.21 bits per heavy atom. The first kappa shape index (κ1) is 13.5. The number of nitrogens with zero attached hydrogens (tertiary/aromatic N) is 3. The van der Waals surface area contributed by atoms with E-state index in [4.69, 9.17) is 0 Å². The second-order valence-electron chi connectivity index (χ2n) is 4.55. The molecule has 0 unspecified atom stereocenters. The van der Waals surface area contributed by atoms with Gasteiger partial charge in [0.2, 0.25) is 0 Å². The fourth-order valence-corrected chi connectivity index (χ4v) is 3.01. The van der Waals surface area contributed by atoms with Gasteiger partial charge in [-0.1, -0.05) is 12.2 Å². The van der Waals surface area contributed by atoms with Crippen LogP contribution in [-0.2, 0) is 0 Å². The molecule has 0 amide bonds. The maximum absolute atomic E-state index is 11.2. The Kier molecular flexibility index (Phi) is 3.53. The molecule has 19 heavy (non-hydrogen) atoms. The summed E-state index contributed by atoms with van der Waals surface area (Å²) in [6, 6.07) is 0. The lowest BCUT2D eigenvalue weighted by Crippen LogP contribution is -2.20. The zero-order valence-corrected chi connectivity index (χ0v) is 11.9. The molecule has 5 nitrogen and oxygen atoms in total. The van der Waals surface area contributed by atoms with Crippen LogP contribution < -0.4 is 4.90 Å². The standard InChI is InChI=1S/C13H15N3O2S/c1-7(2)5-16(4)11-9-8(3)10(13(17)18)19-12(9)15-6-14-11/h6H,1,5H2,2-4H3,(H,17,18). The number of rotatable bonds is 4. The Balaban J connectivity index is 2.62. The molecule has 0 bridgehead atoms. The maximum atomic E-state index is 11.2. The fraction of sp³-hybridized carbons (Fsp3) is 0.308. The molecule has 2 heterocycles. The van der Waals surface area contributed by atoms with E-state index in [1.807, 2.05) is 18.9 Å². The third-order valence-electron chi connectivity index (χ3n) is 2.77. The minimum atomic E-state index is -0.922. The minimum Gasteiger partial charge on any atom is -0.477 e. The van der Waals surface area contributed by atoms with Gasteiger partial charge < -0.3 is 10.0 Å². The number of aromatic nitrogens is 2. The number of aryl methyl sites for hydroxylation is 1. The first-order valence-electron chi connectivity index (χ1n) is 5.74. The summed E-state index contributed by atoms with van der Waals surface area (Å²) in [5.74, 6) is -0.178. The number of fused-ring (bicyclic) bond motifs is 1. The smallest absolute Gasteiger partial charge is 0.346 e. The molecule has 2 aromatic rings. The van der Waals surface area contributed by atoms with Crippen molar-refractivity contribution in [2.24, 2.45) is 0 Å². The lowest BCUT2D eigenvalue weighted by molar-refractivity contribution is 0.0701. The Morgan fingerprint density at radius 3 is 2.79 bits per heavy atom. The molecule has 0 aromatic carbocycles. The Morgan fingerprint density at radius 1 is 1.53 bits per heavy atom. The molecular formula is C13H15N3O2S. The van der Waals surface area contributed by atoms with E-state index in [1.165, 1.54) is 17.7 Å². The summed E-state index contributed by atoms with van der Waals surface area (Å²) in [7, 11) is 1.91. The van der Waals surface area contributed by atoms with Gasteiger partial charge in [0.15, 0.2) is 0 Å². The highest BCUT2D eigenvalue weighted by atomic mass is 32.1. The van der Waals surface area contributed by atoms with E-state index in [9.17, 15) is 9.90 Å². The average molecular weight is 277 g/mol. The molecule has 0 atom stereocenters. The Bertz CT molecular complexity index is 663. The highest BCUT2D eigenvalue weighted by Crippen LogP contribution is 2.34. The highest BCUT2D eigenvalue weighted by Gasteiger charge is 2.20. The second kappa shape index (κ2) is 4.97. The van der Waals surface area contributed by atoms with Crippen molar-refractivity contribution in [3.63, 3.8) is 0 Å². The zero-order valence-electron chi connectivity index (χ0n) is 11.1. The van der Waals surface area contributed by atoms with Gasteiger partial charge in [0.1, 0.15) is 21.9 Å². The number of thiophene rings is 1. The van der Waals surface area contributed by atoms with Crippen molar-refractivity contribution in [3.05, 3.63) is 28.9 Å². The molecule has 0 aliphatic rings. The number of carboxylic acid groups (broad SMARTS) is 1. The molecule has 0 saturated heterocycles. The lowest BCUT2D eigenvalue weighted by Gasteiger charge is -2.19. The molecule has 2 rings (SSSR count). The zero-order chi connectivity index (χ0) is 14.2. The van der Waals surface area contributed by atoms with Crippen molar-refractivity contribution in [1.82, 2.24) is 9.97 Å². The Hall–Kier alpha value is -1.95. The van der Waals surface area contributed by atoms with E-state index in [0.29, 0.717) is 16.3 Å². The van der Waals surface area contributed by atoms with Gasteiger partial charge in [-0.05, 0) is 19.4 Å². The molecule has 0 aliphatic heterocycles. The quantitative estimate of drug-likeness (QED) is 0.870. The van der Waals surface area contributed by atoms with E-state index < -0.39 is 5.97 Å².